The summed E-state index contributed by atoms with van der Waals surface area (Å²) in [6, 6.07) is 12.0. The summed E-state index contributed by atoms with van der Waals surface area (Å²) in [5, 5.41) is 13.9. The number of hydrogen-bond acceptors (Lipinski definition) is 6. The fourth-order valence-corrected chi connectivity index (χ4v) is 5.05. The van der Waals surface area contributed by atoms with Gasteiger partial charge >= 0.3 is 0 Å². The third kappa shape index (κ3) is 3.06. The zero-order valence-corrected chi connectivity index (χ0v) is 19.8. The SMILES string of the molecule is CC(C)(C)C1(C)CC1N=C1NC2(CO1)c1cc(O)ccc1Oc1ccc(-c3cncnc3)cc12. The molecule has 0 amide bonds. The van der Waals surface area contributed by atoms with Crippen molar-refractivity contribution in [3.05, 3.63) is 66.2 Å². The number of fused-ring (bicyclic) bond motifs is 4. The van der Waals surface area contributed by atoms with Crippen molar-refractivity contribution in [2.75, 3.05) is 6.61 Å². The Kier molecular flexibility index (Phi) is 4.28. The molecule has 7 heteroatoms. The molecule has 174 valence electrons. The number of aliphatic imine (C=N–C) groups is 1. The number of phenols is 1. The first-order chi connectivity index (χ1) is 16.2. The Morgan fingerprint density at radius 2 is 1.74 bits per heavy atom. The van der Waals surface area contributed by atoms with Gasteiger partial charge in [0.1, 0.15) is 35.7 Å². The molecule has 1 aromatic heterocycles. The molecular weight excluding hydrogens is 428 g/mol. The van der Waals surface area contributed by atoms with Crippen molar-refractivity contribution in [2.24, 2.45) is 15.8 Å². The van der Waals surface area contributed by atoms with E-state index in [9.17, 15) is 5.11 Å². The van der Waals surface area contributed by atoms with Crippen LogP contribution in [0.25, 0.3) is 11.1 Å². The van der Waals surface area contributed by atoms with Crippen molar-refractivity contribution < 1.29 is 14.6 Å². The Bertz CT molecular complexity index is 1320. The Hall–Kier alpha value is -3.61. The van der Waals surface area contributed by atoms with Crippen LogP contribution < -0.4 is 10.1 Å². The molecule has 1 spiro atoms. The molecule has 34 heavy (non-hydrogen) atoms. The quantitative estimate of drug-likeness (QED) is 0.564. The third-order valence-corrected chi connectivity index (χ3v) is 7.90. The molecular formula is C27H28N4O3. The molecule has 6 rings (SSSR count). The molecule has 1 aliphatic carbocycles. The van der Waals surface area contributed by atoms with E-state index in [1.807, 2.05) is 12.1 Å². The van der Waals surface area contributed by atoms with E-state index < -0.39 is 5.54 Å². The number of hydrogen-bond donors (Lipinski definition) is 2. The Balaban J connectivity index is 1.44. The standard InChI is InChI=1S/C27H28N4O3/c1-25(2,3)26(4)11-23(26)30-24-31-27(14-33-24)19-9-16(17-12-28-15-29-13-17)5-7-21(19)34-22-8-6-18(32)10-20(22)27/h5-10,12-13,15,23,32H,11,14H2,1-4H3,(H,30,31). The van der Waals surface area contributed by atoms with Gasteiger partial charge in [0.2, 0.25) is 0 Å². The zero-order valence-electron chi connectivity index (χ0n) is 19.8. The molecule has 0 bridgehead atoms. The topological polar surface area (TPSA) is 88.9 Å². The largest absolute Gasteiger partial charge is 0.508 e. The molecule has 3 unspecified atom stereocenters. The number of benzene rings is 2. The lowest BCUT2D eigenvalue weighted by molar-refractivity contribution is 0.227. The van der Waals surface area contributed by atoms with Gasteiger partial charge in [-0.15, -0.1) is 0 Å². The number of rotatable bonds is 2. The van der Waals surface area contributed by atoms with Crippen LogP contribution in [0.1, 0.15) is 45.2 Å². The lowest BCUT2D eigenvalue weighted by Gasteiger charge is -2.35. The average molecular weight is 457 g/mol. The summed E-state index contributed by atoms with van der Waals surface area (Å²) in [6.45, 7) is 9.42. The number of aromatic nitrogens is 2. The van der Waals surface area contributed by atoms with Crippen LogP contribution in [0, 0.1) is 10.8 Å². The molecule has 2 aliphatic heterocycles. The van der Waals surface area contributed by atoms with Gasteiger partial charge in [-0.05, 0) is 53.1 Å². The van der Waals surface area contributed by atoms with Crippen LogP contribution in [0.4, 0.5) is 0 Å². The number of ether oxygens (including phenoxy) is 2. The lowest BCUT2D eigenvalue weighted by atomic mass is 9.78. The minimum atomic E-state index is -0.737. The molecule has 1 saturated carbocycles. The van der Waals surface area contributed by atoms with Crippen molar-refractivity contribution in [2.45, 2.75) is 45.7 Å². The second-order valence-corrected chi connectivity index (χ2v) is 10.8. The van der Waals surface area contributed by atoms with Crippen LogP contribution in [0.3, 0.4) is 0 Å². The average Bonchev–Trinajstić information content (AvgIpc) is 3.30. The number of phenolic OH excluding ortho intramolecular Hbond substituents is 1. The first-order valence-electron chi connectivity index (χ1n) is 11.6. The summed E-state index contributed by atoms with van der Waals surface area (Å²) in [7, 11) is 0. The highest BCUT2D eigenvalue weighted by molar-refractivity contribution is 5.81. The molecule has 0 radical (unpaired) electrons. The second-order valence-electron chi connectivity index (χ2n) is 10.8. The van der Waals surface area contributed by atoms with Crippen molar-refractivity contribution in [1.29, 1.82) is 0 Å². The van der Waals surface area contributed by atoms with Gasteiger partial charge in [-0.25, -0.2) is 15.0 Å². The van der Waals surface area contributed by atoms with Crippen LogP contribution in [0.2, 0.25) is 0 Å². The van der Waals surface area contributed by atoms with Crippen molar-refractivity contribution in [1.82, 2.24) is 15.3 Å². The van der Waals surface area contributed by atoms with Gasteiger partial charge in [0.25, 0.3) is 6.02 Å². The van der Waals surface area contributed by atoms with E-state index in [-0.39, 0.29) is 22.6 Å². The third-order valence-electron chi connectivity index (χ3n) is 7.90. The van der Waals surface area contributed by atoms with Gasteiger partial charge in [0.05, 0.1) is 6.04 Å². The smallest absolute Gasteiger partial charge is 0.286 e. The molecule has 3 atom stereocenters. The molecule has 1 saturated heterocycles. The summed E-state index contributed by atoms with van der Waals surface area (Å²) >= 11 is 0. The predicted octanol–water partition coefficient (Wildman–Crippen LogP) is 5.00. The fraction of sp³-hybridized carbons (Fsp3) is 0.370. The van der Waals surface area contributed by atoms with Gasteiger partial charge in [0.15, 0.2) is 0 Å². The Morgan fingerprint density at radius 1 is 1.03 bits per heavy atom. The van der Waals surface area contributed by atoms with E-state index in [0.717, 1.165) is 34.4 Å². The van der Waals surface area contributed by atoms with E-state index >= 15 is 0 Å². The van der Waals surface area contributed by atoms with Crippen LogP contribution >= 0.6 is 0 Å². The van der Waals surface area contributed by atoms with Crippen molar-refractivity contribution in [3.63, 3.8) is 0 Å². The lowest BCUT2D eigenvalue weighted by Crippen LogP contribution is -2.44. The van der Waals surface area contributed by atoms with E-state index in [0.29, 0.717) is 18.4 Å². The van der Waals surface area contributed by atoms with E-state index in [2.05, 4.69) is 49.0 Å². The van der Waals surface area contributed by atoms with Crippen LogP contribution in [-0.4, -0.2) is 33.7 Å². The van der Waals surface area contributed by atoms with Crippen LogP contribution in [0.15, 0.2) is 60.1 Å². The normalized spacial score (nSPS) is 28.0. The zero-order chi connectivity index (χ0) is 23.7. The highest BCUT2D eigenvalue weighted by Gasteiger charge is 2.58. The molecule has 3 aromatic rings. The van der Waals surface area contributed by atoms with Gasteiger partial charge < -0.3 is 19.9 Å². The highest BCUT2D eigenvalue weighted by atomic mass is 16.5. The highest BCUT2D eigenvalue weighted by Crippen LogP contribution is 2.60. The minimum absolute atomic E-state index is 0.144. The van der Waals surface area contributed by atoms with Crippen LogP contribution in [0.5, 0.6) is 17.2 Å². The second kappa shape index (κ2) is 6.95. The number of aromatic hydroxyl groups is 1. The molecule has 3 aliphatic rings. The van der Waals surface area contributed by atoms with Gasteiger partial charge in [-0.1, -0.05) is 33.8 Å². The van der Waals surface area contributed by atoms with Gasteiger partial charge in [-0.2, -0.15) is 0 Å². The maximum atomic E-state index is 10.3. The van der Waals surface area contributed by atoms with Crippen molar-refractivity contribution in [3.8, 4) is 28.4 Å². The Morgan fingerprint density at radius 3 is 2.44 bits per heavy atom. The van der Waals surface area contributed by atoms with E-state index in [1.165, 1.54) is 6.33 Å². The molecule has 2 N–H and O–H groups in total. The number of nitrogens with one attached hydrogen (secondary N) is 1. The summed E-state index contributed by atoms with van der Waals surface area (Å²) in [6.07, 6.45) is 6.13. The number of nitrogens with zero attached hydrogens (tertiary/aromatic N) is 3. The first kappa shape index (κ1) is 21.0. The molecule has 2 aromatic carbocycles. The molecule has 7 nitrogen and oxygen atoms in total. The maximum absolute atomic E-state index is 10.3. The summed E-state index contributed by atoms with van der Waals surface area (Å²) < 4.78 is 12.4. The van der Waals surface area contributed by atoms with E-state index in [1.54, 1.807) is 30.6 Å². The summed E-state index contributed by atoms with van der Waals surface area (Å²) in [4.78, 5) is 13.3. The molecule has 3 heterocycles. The first-order valence-corrected chi connectivity index (χ1v) is 11.6. The number of amidine groups is 1. The van der Waals surface area contributed by atoms with Gasteiger partial charge in [-0.3, -0.25) is 0 Å². The minimum Gasteiger partial charge on any atom is -0.508 e. The van der Waals surface area contributed by atoms with E-state index in [4.69, 9.17) is 14.5 Å². The summed E-state index contributed by atoms with van der Waals surface area (Å²) in [5.74, 6) is 1.60. The maximum Gasteiger partial charge on any atom is 0.286 e. The molecule has 2 fully saturated rings. The van der Waals surface area contributed by atoms with Gasteiger partial charge in [0, 0.05) is 29.1 Å². The van der Waals surface area contributed by atoms with Crippen molar-refractivity contribution >= 4 is 6.02 Å². The summed E-state index contributed by atoms with van der Waals surface area (Å²) in [5.41, 5.74) is 3.19. The fourth-order valence-electron chi connectivity index (χ4n) is 5.05. The Labute approximate surface area is 198 Å². The van der Waals surface area contributed by atoms with Crippen LogP contribution in [-0.2, 0) is 10.3 Å². The monoisotopic (exact) mass is 456 g/mol. The predicted molar refractivity (Wildman–Crippen MR) is 129 cm³/mol.